The predicted molar refractivity (Wildman–Crippen MR) is 327 cm³/mol. The van der Waals surface area contributed by atoms with E-state index in [1.807, 2.05) is 24.6 Å². The van der Waals surface area contributed by atoms with Crippen molar-refractivity contribution in [1.82, 2.24) is 19.1 Å². The lowest BCUT2D eigenvalue weighted by atomic mass is 9.97. The van der Waals surface area contributed by atoms with Gasteiger partial charge in [0.25, 0.3) is 0 Å². The molecule has 12 heteroatoms. The Morgan fingerprint density at radius 3 is 1.26 bits per heavy atom. The summed E-state index contributed by atoms with van der Waals surface area (Å²) in [7, 11) is 6.89. The van der Waals surface area contributed by atoms with Crippen molar-refractivity contribution < 1.29 is 18.9 Å². The third-order valence-corrected chi connectivity index (χ3v) is 16.5. The van der Waals surface area contributed by atoms with Crippen molar-refractivity contribution in [1.29, 1.82) is 0 Å². The van der Waals surface area contributed by atoms with Gasteiger partial charge in [-0.05, 0) is 82.6 Å². The van der Waals surface area contributed by atoms with Crippen LogP contribution in [0.3, 0.4) is 0 Å². The highest BCUT2D eigenvalue weighted by atomic mass is 79.9. The van der Waals surface area contributed by atoms with Crippen molar-refractivity contribution in [2.45, 2.75) is 51.6 Å². The number of nitrogens with zero attached hydrogens (tertiary/aromatic N) is 4. The summed E-state index contributed by atoms with van der Waals surface area (Å²) in [6.07, 6.45) is 13.9. The van der Waals surface area contributed by atoms with Crippen LogP contribution in [0.15, 0.2) is 165 Å². The molecule has 0 unspecified atom stereocenters. The predicted octanol–water partition coefficient (Wildman–Crippen LogP) is 16.1. The molecule has 0 fully saturated rings. The average Bonchev–Trinajstić information content (AvgIpc) is 4.43. The Hall–Kier alpha value is -7.80. The molecule has 8 bridgehead atoms. The highest BCUT2D eigenvalue weighted by molar-refractivity contribution is 9.10. The molecule has 392 valence electrons. The number of fused-ring (bicyclic) bond motifs is 13. The summed E-state index contributed by atoms with van der Waals surface area (Å²) in [6, 6.07) is 47.6. The molecule has 11 aromatic rings. The molecule has 7 aromatic carbocycles. The first-order chi connectivity index (χ1) is 38.3. The van der Waals surface area contributed by atoms with Gasteiger partial charge in [-0.3, -0.25) is 9.98 Å². The third-order valence-electron chi connectivity index (χ3n) is 15.4. The molecule has 0 spiro atoms. The largest absolute Gasteiger partial charge is 0.496 e. The Kier molecular flexibility index (Phi) is 14.6. The van der Waals surface area contributed by atoms with Crippen LogP contribution < -0.4 is 18.9 Å². The van der Waals surface area contributed by atoms with Crippen molar-refractivity contribution >= 4 is 87.9 Å². The average molecular weight is 1160 g/mol. The van der Waals surface area contributed by atoms with E-state index in [4.69, 9.17) is 28.9 Å². The fraction of sp³-hybridized carbons (Fsp3) is 0.212. The van der Waals surface area contributed by atoms with E-state index in [1.54, 1.807) is 28.4 Å². The van der Waals surface area contributed by atoms with Gasteiger partial charge in [-0.15, -0.1) is 0 Å². The highest BCUT2D eigenvalue weighted by Gasteiger charge is 2.26. The molecule has 5 heterocycles. The fourth-order valence-electron chi connectivity index (χ4n) is 11.7. The van der Waals surface area contributed by atoms with Crippen LogP contribution in [0, 0.1) is 0 Å². The van der Waals surface area contributed by atoms with Gasteiger partial charge in [0.2, 0.25) is 0 Å². The molecule has 0 radical (unpaired) electrons. The van der Waals surface area contributed by atoms with E-state index in [9.17, 15) is 0 Å². The molecule has 0 atom stereocenters. The highest BCUT2D eigenvalue weighted by Crippen LogP contribution is 2.46. The number of rotatable bonds is 6. The summed E-state index contributed by atoms with van der Waals surface area (Å²) in [4.78, 5) is 18.0. The van der Waals surface area contributed by atoms with E-state index in [1.165, 1.54) is 44.1 Å². The zero-order chi connectivity index (χ0) is 53.3. The maximum absolute atomic E-state index is 6.20. The normalized spacial score (nSPS) is 13.7. The molecule has 78 heavy (non-hydrogen) atoms. The van der Waals surface area contributed by atoms with E-state index in [2.05, 4.69) is 185 Å². The molecule has 0 saturated carbocycles. The van der Waals surface area contributed by atoms with Crippen molar-refractivity contribution in [3.63, 3.8) is 0 Å². The number of ether oxygens (including phenoxy) is 4. The van der Waals surface area contributed by atoms with Gasteiger partial charge in [-0.2, -0.15) is 0 Å². The second kappa shape index (κ2) is 22.3. The standard InChI is InChI=1S/C66H60Br2N6O4/c1-75-57-33-59(77-3)63-61(41-21-25-47(67)26-22-41)53-31-45-39-73(55-19-11-9-17-49(45)55)37-43-15-7-8-16-44(43)38-74-40-46(50-18-10-12-20-56(50)74)32-54-62(42-23-27-48(68)28-24-42)64-60(78-4)34-58(76-2)52(66(64)72-54)36-70-30-14-6-5-13-29-69-35-51(57)65(63)71-53/h7-12,15-28,33-36,39-40,71-72H,5-6,13-14,29-32,37-38H2,1-4H3. The quantitative estimate of drug-likeness (QED) is 0.173. The van der Waals surface area contributed by atoms with Crippen LogP contribution in [0.25, 0.3) is 65.9 Å². The van der Waals surface area contributed by atoms with Crippen LogP contribution in [-0.2, 0) is 25.9 Å². The number of para-hydroxylation sites is 2. The first-order valence-corrected chi connectivity index (χ1v) is 28.2. The Morgan fingerprint density at radius 2 is 0.846 bits per heavy atom. The zero-order valence-electron chi connectivity index (χ0n) is 44.3. The molecule has 10 nitrogen and oxygen atoms in total. The Morgan fingerprint density at radius 1 is 0.449 bits per heavy atom. The van der Waals surface area contributed by atoms with Crippen molar-refractivity contribution in [3.05, 3.63) is 200 Å². The summed E-state index contributed by atoms with van der Waals surface area (Å²) in [5.74, 6) is 2.88. The van der Waals surface area contributed by atoms with E-state index in [-0.39, 0.29) is 0 Å². The molecule has 1 aliphatic rings. The summed E-state index contributed by atoms with van der Waals surface area (Å²) >= 11 is 7.39. The van der Waals surface area contributed by atoms with Crippen LogP contribution in [0.5, 0.6) is 23.0 Å². The minimum atomic E-state index is 0.654. The van der Waals surface area contributed by atoms with E-state index < -0.39 is 0 Å². The topological polar surface area (TPSA) is 103 Å². The van der Waals surface area contributed by atoms with Crippen molar-refractivity contribution in [3.8, 4) is 45.3 Å². The summed E-state index contributed by atoms with van der Waals surface area (Å²) in [6.45, 7) is 2.77. The molecule has 4 aromatic heterocycles. The van der Waals surface area contributed by atoms with Crippen LogP contribution in [0.1, 0.15) is 70.5 Å². The Bertz CT molecular complexity index is 3810. The molecule has 0 aliphatic carbocycles. The smallest absolute Gasteiger partial charge is 0.133 e. The van der Waals surface area contributed by atoms with Gasteiger partial charge in [0.15, 0.2) is 0 Å². The van der Waals surface area contributed by atoms with E-state index in [0.29, 0.717) is 50.5 Å². The minimum Gasteiger partial charge on any atom is -0.496 e. The first-order valence-electron chi connectivity index (χ1n) is 26.6. The van der Waals surface area contributed by atoms with Gasteiger partial charge in [-0.25, -0.2) is 0 Å². The third kappa shape index (κ3) is 9.70. The number of hydrogen-bond donors (Lipinski definition) is 2. The van der Waals surface area contributed by atoms with Gasteiger partial charge in [0, 0.05) is 129 Å². The number of H-pyrrole nitrogens is 2. The second-order valence-electron chi connectivity index (χ2n) is 20.1. The molecule has 2 N–H and O–H groups in total. The lowest BCUT2D eigenvalue weighted by Gasteiger charge is -2.13. The number of halogens is 2. The molecule has 0 saturated heterocycles. The summed E-state index contributed by atoms with van der Waals surface area (Å²) in [5, 5.41) is 4.43. The first kappa shape index (κ1) is 51.0. The number of benzene rings is 7. The van der Waals surface area contributed by atoms with Gasteiger partial charge >= 0.3 is 0 Å². The molecular formula is C66H60Br2N6O4. The number of methoxy groups -OCH3 is 4. The molecule has 1 aliphatic heterocycles. The van der Waals surface area contributed by atoms with Gasteiger partial charge < -0.3 is 38.0 Å². The fourth-order valence-corrected chi connectivity index (χ4v) is 12.2. The number of aromatic nitrogens is 4. The minimum absolute atomic E-state index is 0.654. The van der Waals surface area contributed by atoms with E-state index in [0.717, 1.165) is 113 Å². The molecular weight excluding hydrogens is 1100 g/mol. The zero-order valence-corrected chi connectivity index (χ0v) is 47.4. The monoisotopic (exact) mass is 1160 g/mol. The Balaban J connectivity index is 1.000. The molecule has 0 amide bonds. The van der Waals surface area contributed by atoms with Crippen LogP contribution in [-0.4, -0.2) is 73.1 Å². The van der Waals surface area contributed by atoms with Crippen LogP contribution in [0.4, 0.5) is 0 Å². The van der Waals surface area contributed by atoms with Crippen molar-refractivity contribution in [2.24, 2.45) is 9.98 Å². The lowest BCUT2D eigenvalue weighted by Crippen LogP contribution is -2.06. The maximum atomic E-state index is 6.20. The van der Waals surface area contributed by atoms with Crippen LogP contribution >= 0.6 is 31.9 Å². The Labute approximate surface area is 471 Å². The van der Waals surface area contributed by atoms with Crippen molar-refractivity contribution in [2.75, 3.05) is 41.5 Å². The second-order valence-corrected chi connectivity index (χ2v) is 21.9. The number of aliphatic imine (C=N–C) groups is 2. The van der Waals surface area contributed by atoms with Gasteiger partial charge in [0.1, 0.15) is 23.0 Å². The number of aromatic amines is 2. The maximum Gasteiger partial charge on any atom is 0.133 e. The van der Waals surface area contributed by atoms with Gasteiger partial charge in [-0.1, -0.05) is 130 Å². The summed E-state index contributed by atoms with van der Waals surface area (Å²) in [5.41, 5.74) is 17.6. The van der Waals surface area contributed by atoms with E-state index >= 15 is 0 Å². The number of nitrogens with one attached hydrogen (secondary N) is 2. The molecule has 12 rings (SSSR count). The lowest BCUT2D eigenvalue weighted by molar-refractivity contribution is 0.397. The number of hydrogen-bond acceptors (Lipinski definition) is 6. The summed E-state index contributed by atoms with van der Waals surface area (Å²) < 4.78 is 31.4. The SMILES string of the molecule is COc1cc(OC)c2c(-c3ccc(Br)cc3)c3[nH]c2c1C=NCCCCCCN=Cc1c(OC)cc(OC)c2c(-c4ccc(Br)cc4)c([nH]c12)Cc1cn(c2ccccc12)Cc1ccccc1Cn1cc(c2ccccc21)C3. The van der Waals surface area contributed by atoms with Crippen LogP contribution in [0.2, 0.25) is 0 Å². The van der Waals surface area contributed by atoms with Gasteiger partial charge in [0.05, 0.1) is 61.4 Å².